The number of hydrogen-bond donors (Lipinski definition) is 3. The monoisotopic (exact) mass is 244 g/mol. The lowest BCUT2D eigenvalue weighted by Gasteiger charge is -2.04. The first-order chi connectivity index (χ1) is 7.54. The fourth-order valence-corrected chi connectivity index (χ4v) is 1.80. The summed E-state index contributed by atoms with van der Waals surface area (Å²) in [6.07, 6.45) is 0.783. The molecular formula is C10H16N2O3S. The number of aliphatic hydroxyl groups is 1. The predicted octanol–water partition coefficient (Wildman–Crippen LogP) is -0.542. The van der Waals surface area contributed by atoms with Crippen molar-refractivity contribution in [2.24, 2.45) is 5.14 Å². The summed E-state index contributed by atoms with van der Waals surface area (Å²) in [7, 11) is -3.60. The molecule has 0 amide bonds. The van der Waals surface area contributed by atoms with E-state index in [0.717, 1.165) is 18.5 Å². The first kappa shape index (κ1) is 13.1. The van der Waals surface area contributed by atoms with Crippen LogP contribution in [-0.2, 0) is 16.4 Å². The number of benzene rings is 1. The van der Waals surface area contributed by atoms with Crippen LogP contribution in [0.5, 0.6) is 0 Å². The smallest absolute Gasteiger partial charge is 0.238 e. The van der Waals surface area contributed by atoms with Crippen molar-refractivity contribution in [2.75, 3.05) is 19.7 Å². The molecule has 4 N–H and O–H groups in total. The van der Waals surface area contributed by atoms with Gasteiger partial charge >= 0.3 is 0 Å². The maximum absolute atomic E-state index is 11.0. The molecule has 0 fully saturated rings. The van der Waals surface area contributed by atoms with Crippen molar-refractivity contribution in [1.29, 1.82) is 0 Å². The molecule has 16 heavy (non-hydrogen) atoms. The minimum Gasteiger partial charge on any atom is -0.395 e. The molecule has 0 spiro atoms. The number of nitrogens with one attached hydrogen (secondary N) is 1. The Morgan fingerprint density at radius 2 is 1.81 bits per heavy atom. The Balaban J connectivity index is 2.52. The summed E-state index contributed by atoms with van der Waals surface area (Å²) in [5.41, 5.74) is 1.03. The van der Waals surface area contributed by atoms with Gasteiger partial charge in [-0.1, -0.05) is 12.1 Å². The molecule has 0 saturated heterocycles. The van der Waals surface area contributed by atoms with Gasteiger partial charge in [0.05, 0.1) is 11.5 Å². The number of sulfonamides is 1. The van der Waals surface area contributed by atoms with Crippen LogP contribution in [-0.4, -0.2) is 33.2 Å². The van der Waals surface area contributed by atoms with Gasteiger partial charge in [0, 0.05) is 6.54 Å². The van der Waals surface area contributed by atoms with Crippen molar-refractivity contribution in [1.82, 2.24) is 5.32 Å². The summed E-state index contributed by atoms with van der Waals surface area (Å²) in [6.45, 7) is 1.43. The van der Waals surface area contributed by atoms with Gasteiger partial charge in [0.2, 0.25) is 10.0 Å². The Morgan fingerprint density at radius 3 is 2.31 bits per heavy atom. The number of nitrogens with two attached hydrogens (primary N) is 1. The van der Waals surface area contributed by atoms with E-state index in [1.807, 2.05) is 0 Å². The summed E-state index contributed by atoms with van der Waals surface area (Å²) in [4.78, 5) is 0.125. The highest BCUT2D eigenvalue weighted by Gasteiger charge is 2.06. The van der Waals surface area contributed by atoms with Crippen LogP contribution in [0.25, 0.3) is 0 Å². The normalized spacial score (nSPS) is 11.6. The molecule has 6 heteroatoms. The van der Waals surface area contributed by atoms with E-state index in [1.54, 1.807) is 12.1 Å². The van der Waals surface area contributed by atoms with E-state index in [0.29, 0.717) is 6.54 Å². The molecule has 0 aliphatic rings. The minimum atomic E-state index is -3.60. The molecule has 0 radical (unpaired) electrons. The molecule has 0 unspecified atom stereocenters. The van der Waals surface area contributed by atoms with E-state index in [1.165, 1.54) is 12.1 Å². The van der Waals surface area contributed by atoms with Gasteiger partial charge < -0.3 is 10.4 Å². The number of aliphatic hydroxyl groups excluding tert-OH is 1. The Morgan fingerprint density at radius 1 is 1.19 bits per heavy atom. The molecule has 0 bridgehead atoms. The lowest BCUT2D eigenvalue weighted by Crippen LogP contribution is -2.20. The molecule has 0 atom stereocenters. The second kappa shape index (κ2) is 5.95. The summed E-state index contributed by atoms with van der Waals surface area (Å²) in [5, 5.41) is 16.6. The fraction of sp³-hybridized carbons (Fsp3) is 0.400. The number of rotatable bonds is 6. The topological polar surface area (TPSA) is 92.4 Å². The lowest BCUT2D eigenvalue weighted by molar-refractivity contribution is 0.293. The van der Waals surface area contributed by atoms with E-state index >= 15 is 0 Å². The largest absolute Gasteiger partial charge is 0.395 e. The minimum absolute atomic E-state index is 0.115. The van der Waals surface area contributed by atoms with Crippen LogP contribution in [0.3, 0.4) is 0 Å². The van der Waals surface area contributed by atoms with Crippen LogP contribution in [0, 0.1) is 0 Å². The molecule has 0 saturated carbocycles. The van der Waals surface area contributed by atoms with Crippen LogP contribution >= 0.6 is 0 Å². The fourth-order valence-electron chi connectivity index (χ4n) is 1.28. The average molecular weight is 244 g/mol. The highest BCUT2D eigenvalue weighted by atomic mass is 32.2. The third kappa shape index (κ3) is 4.28. The first-order valence-electron chi connectivity index (χ1n) is 4.97. The zero-order valence-electron chi connectivity index (χ0n) is 8.89. The van der Waals surface area contributed by atoms with Gasteiger partial charge in [0.1, 0.15) is 0 Å². The van der Waals surface area contributed by atoms with Crippen molar-refractivity contribution in [3.05, 3.63) is 29.8 Å². The maximum atomic E-state index is 11.0. The van der Waals surface area contributed by atoms with Crippen molar-refractivity contribution in [3.8, 4) is 0 Å². The van der Waals surface area contributed by atoms with Crippen LogP contribution in [0.1, 0.15) is 5.56 Å². The zero-order chi connectivity index (χ0) is 12.0. The highest BCUT2D eigenvalue weighted by Crippen LogP contribution is 2.08. The van der Waals surface area contributed by atoms with Gasteiger partial charge in [-0.3, -0.25) is 0 Å². The van der Waals surface area contributed by atoms with E-state index in [2.05, 4.69) is 5.32 Å². The third-order valence-electron chi connectivity index (χ3n) is 2.13. The predicted molar refractivity (Wildman–Crippen MR) is 61.5 cm³/mol. The molecule has 90 valence electrons. The molecule has 0 aromatic heterocycles. The Hall–Kier alpha value is -0.950. The molecule has 0 aliphatic carbocycles. The van der Waals surface area contributed by atoms with E-state index in [9.17, 15) is 8.42 Å². The van der Waals surface area contributed by atoms with E-state index in [4.69, 9.17) is 10.2 Å². The molecule has 1 rings (SSSR count). The van der Waals surface area contributed by atoms with Crippen LogP contribution < -0.4 is 10.5 Å². The van der Waals surface area contributed by atoms with Gasteiger partial charge in [-0.05, 0) is 30.7 Å². The number of primary sulfonamides is 1. The third-order valence-corrected chi connectivity index (χ3v) is 3.06. The van der Waals surface area contributed by atoms with Crippen LogP contribution in [0.4, 0.5) is 0 Å². The maximum Gasteiger partial charge on any atom is 0.238 e. The number of hydrogen-bond acceptors (Lipinski definition) is 4. The Kier molecular flexibility index (Phi) is 4.88. The van der Waals surface area contributed by atoms with Crippen molar-refractivity contribution in [3.63, 3.8) is 0 Å². The van der Waals surface area contributed by atoms with E-state index in [-0.39, 0.29) is 11.5 Å². The molecule has 5 nitrogen and oxygen atoms in total. The van der Waals surface area contributed by atoms with Gasteiger partial charge in [-0.2, -0.15) is 0 Å². The molecular weight excluding hydrogens is 228 g/mol. The Labute approximate surface area is 95.3 Å². The second-order valence-electron chi connectivity index (χ2n) is 3.41. The first-order valence-corrected chi connectivity index (χ1v) is 6.52. The van der Waals surface area contributed by atoms with Gasteiger partial charge in [0.25, 0.3) is 0 Å². The molecule has 0 heterocycles. The quantitative estimate of drug-likeness (QED) is 0.586. The average Bonchev–Trinajstić information content (AvgIpc) is 2.24. The molecule has 1 aromatic rings. The van der Waals surface area contributed by atoms with Gasteiger partial charge in [0.15, 0.2) is 0 Å². The zero-order valence-corrected chi connectivity index (χ0v) is 9.70. The lowest BCUT2D eigenvalue weighted by atomic mass is 10.1. The van der Waals surface area contributed by atoms with Crippen molar-refractivity contribution in [2.45, 2.75) is 11.3 Å². The standard InChI is InChI=1S/C10H16N2O3S/c11-16(14,15)10-3-1-9(2-4-10)5-6-12-7-8-13/h1-4,12-13H,5-8H2,(H2,11,14,15). The summed E-state index contributed by atoms with van der Waals surface area (Å²) in [6, 6.07) is 6.47. The van der Waals surface area contributed by atoms with Crippen molar-refractivity contribution >= 4 is 10.0 Å². The molecule has 1 aromatic carbocycles. The van der Waals surface area contributed by atoms with Gasteiger partial charge in [-0.25, -0.2) is 13.6 Å². The Bertz CT molecular complexity index is 414. The van der Waals surface area contributed by atoms with Crippen LogP contribution in [0.2, 0.25) is 0 Å². The summed E-state index contributed by atoms with van der Waals surface area (Å²) in [5.74, 6) is 0. The molecule has 0 aliphatic heterocycles. The second-order valence-corrected chi connectivity index (χ2v) is 4.97. The van der Waals surface area contributed by atoms with Crippen LogP contribution in [0.15, 0.2) is 29.2 Å². The van der Waals surface area contributed by atoms with E-state index < -0.39 is 10.0 Å². The summed E-state index contributed by atoms with van der Waals surface area (Å²) < 4.78 is 22.0. The van der Waals surface area contributed by atoms with Crippen molar-refractivity contribution < 1.29 is 13.5 Å². The SMILES string of the molecule is NS(=O)(=O)c1ccc(CCNCCO)cc1. The summed E-state index contributed by atoms with van der Waals surface area (Å²) >= 11 is 0. The van der Waals surface area contributed by atoms with Gasteiger partial charge in [-0.15, -0.1) is 0 Å². The highest BCUT2D eigenvalue weighted by molar-refractivity contribution is 7.89.